The van der Waals surface area contributed by atoms with Gasteiger partial charge in [0, 0.05) is 18.6 Å². The third-order valence-corrected chi connectivity index (χ3v) is 10.8. The Morgan fingerprint density at radius 2 is 1.14 bits per heavy atom. The Balaban J connectivity index is 0.000000187. The number of benzene rings is 4. The van der Waals surface area contributed by atoms with Gasteiger partial charge in [-0.3, -0.25) is 0 Å². The minimum absolute atomic E-state index is 0.248. The highest BCUT2D eigenvalue weighted by Crippen LogP contribution is 2.10. The van der Waals surface area contributed by atoms with Gasteiger partial charge in [0.15, 0.2) is 0 Å². The first-order valence-electron chi connectivity index (χ1n) is 12.0. The lowest BCUT2D eigenvalue weighted by atomic mass is 9.43. The summed E-state index contributed by atoms with van der Waals surface area (Å²) in [5.74, 6) is -0.497. The van der Waals surface area contributed by atoms with Crippen molar-refractivity contribution in [3.05, 3.63) is 140 Å². The molecule has 0 radical (unpaired) electrons. The molecule has 5 rings (SSSR count). The molecule has 1 heterocycles. The van der Waals surface area contributed by atoms with E-state index in [1.54, 1.807) is 12.5 Å². The van der Waals surface area contributed by atoms with Crippen molar-refractivity contribution in [3.63, 3.8) is 0 Å². The minimum Gasteiger partial charge on any atom is -0.340 e. The zero-order valence-electron chi connectivity index (χ0n) is 20.6. The molecule has 0 saturated heterocycles. The van der Waals surface area contributed by atoms with Crippen LogP contribution in [0.25, 0.3) is 0 Å². The third kappa shape index (κ3) is 6.26. The molecule has 0 amide bonds. The Morgan fingerprint density at radius 3 is 1.53 bits per heavy atom. The monoisotopic (exact) mass is 494 g/mol. The lowest BCUT2D eigenvalue weighted by Crippen LogP contribution is -2.58. The highest BCUT2D eigenvalue weighted by atomic mass is 28.3. The van der Waals surface area contributed by atoms with Crippen molar-refractivity contribution in [1.29, 1.82) is 0 Å². The Kier molecular flexibility index (Phi) is 8.29. The standard InChI is InChI=1S/C17H16F2N2Si.C13H13B/c1-22(13-21-11-10-20-12-21,16-6-2-14(18)3-7-16)17-8-4-15(19)5-9-17;1-14(12-8-4-2-5-9-12)13-10-6-3-7-11-13/h2-12H,13H2,1H3;2-11H,1H3. The molecule has 6 heteroatoms. The lowest BCUT2D eigenvalue weighted by Gasteiger charge is -2.29. The number of nitrogens with zero attached hydrogens (tertiary/aromatic N) is 2. The maximum Gasteiger partial charge on any atom is 0.206 e. The molecule has 0 aliphatic heterocycles. The predicted molar refractivity (Wildman–Crippen MR) is 150 cm³/mol. The smallest absolute Gasteiger partial charge is 0.206 e. The lowest BCUT2D eigenvalue weighted by molar-refractivity contribution is 0.628. The molecule has 0 aliphatic carbocycles. The molecule has 36 heavy (non-hydrogen) atoms. The second-order valence-electron chi connectivity index (χ2n) is 9.12. The number of hydrogen-bond donors (Lipinski definition) is 0. The minimum atomic E-state index is -2.16. The van der Waals surface area contributed by atoms with E-state index in [1.807, 2.05) is 35.0 Å². The average molecular weight is 494 g/mol. The third-order valence-electron chi connectivity index (χ3n) is 6.62. The van der Waals surface area contributed by atoms with Gasteiger partial charge >= 0.3 is 0 Å². The molecule has 0 N–H and O–H groups in total. The van der Waals surface area contributed by atoms with Crippen LogP contribution in [0.15, 0.2) is 128 Å². The molecular formula is C30H29BF2N2Si. The van der Waals surface area contributed by atoms with Gasteiger partial charge in [-0.2, -0.15) is 0 Å². The van der Waals surface area contributed by atoms with Crippen molar-refractivity contribution in [3.8, 4) is 0 Å². The Hall–Kier alpha value is -3.77. The molecule has 180 valence electrons. The topological polar surface area (TPSA) is 17.8 Å². The second kappa shape index (κ2) is 11.8. The van der Waals surface area contributed by atoms with Gasteiger partial charge in [-0.15, -0.1) is 0 Å². The number of hydrogen-bond acceptors (Lipinski definition) is 1. The fourth-order valence-electron chi connectivity index (χ4n) is 4.41. The SMILES string of the molecule is CB(c1ccccc1)c1ccccc1.C[Si](Cn1ccnc1)(c1ccc(F)cc1)c1ccc(F)cc1. The van der Waals surface area contributed by atoms with E-state index in [4.69, 9.17) is 0 Å². The molecule has 1 aromatic heterocycles. The van der Waals surface area contributed by atoms with Crippen molar-refractivity contribution in [2.75, 3.05) is 0 Å². The maximum atomic E-state index is 13.3. The summed E-state index contributed by atoms with van der Waals surface area (Å²) in [6.07, 6.45) is 6.20. The van der Waals surface area contributed by atoms with Crippen LogP contribution in [-0.2, 0) is 6.17 Å². The van der Waals surface area contributed by atoms with E-state index in [2.05, 4.69) is 79.0 Å². The summed E-state index contributed by atoms with van der Waals surface area (Å²) in [5.41, 5.74) is 2.75. The Labute approximate surface area is 213 Å². The molecule has 4 aromatic carbocycles. The van der Waals surface area contributed by atoms with E-state index in [1.165, 1.54) is 35.2 Å². The van der Waals surface area contributed by atoms with Gasteiger partial charge in [-0.25, -0.2) is 13.8 Å². The van der Waals surface area contributed by atoms with Crippen molar-refractivity contribution < 1.29 is 8.78 Å². The van der Waals surface area contributed by atoms with E-state index < -0.39 is 8.07 Å². The Bertz CT molecular complexity index is 1240. The fraction of sp³-hybridized carbons (Fsp3) is 0.100. The van der Waals surface area contributed by atoms with E-state index >= 15 is 0 Å². The molecule has 0 saturated carbocycles. The molecule has 0 spiro atoms. The Morgan fingerprint density at radius 1 is 0.694 bits per heavy atom. The number of halogens is 2. The van der Waals surface area contributed by atoms with Crippen LogP contribution in [0.1, 0.15) is 0 Å². The van der Waals surface area contributed by atoms with Gasteiger partial charge in [0.05, 0.1) is 6.33 Å². The normalized spacial score (nSPS) is 10.9. The van der Waals surface area contributed by atoms with Crippen LogP contribution in [0, 0.1) is 11.6 Å². The number of imidazole rings is 1. The first-order valence-corrected chi connectivity index (χ1v) is 14.7. The molecule has 5 aromatic rings. The van der Waals surface area contributed by atoms with E-state index in [0.717, 1.165) is 16.5 Å². The van der Waals surface area contributed by atoms with Crippen molar-refractivity contribution in [2.45, 2.75) is 19.5 Å². The van der Waals surface area contributed by atoms with Crippen LogP contribution in [0.5, 0.6) is 0 Å². The predicted octanol–water partition coefficient (Wildman–Crippen LogP) is 4.52. The summed E-state index contributed by atoms with van der Waals surface area (Å²) in [5, 5.41) is 2.21. The molecule has 2 nitrogen and oxygen atoms in total. The van der Waals surface area contributed by atoms with Crippen molar-refractivity contribution in [1.82, 2.24) is 9.55 Å². The molecule has 0 atom stereocenters. The van der Waals surface area contributed by atoms with E-state index in [9.17, 15) is 8.78 Å². The van der Waals surface area contributed by atoms with E-state index in [0.29, 0.717) is 6.71 Å². The van der Waals surface area contributed by atoms with Crippen LogP contribution >= 0.6 is 0 Å². The molecule has 0 bridgehead atoms. The quantitative estimate of drug-likeness (QED) is 0.318. The van der Waals surface area contributed by atoms with Crippen LogP contribution in [0.3, 0.4) is 0 Å². The van der Waals surface area contributed by atoms with Gasteiger partial charge in [0.25, 0.3) is 0 Å². The fourth-order valence-corrected chi connectivity index (χ4v) is 7.83. The van der Waals surface area contributed by atoms with Gasteiger partial charge in [0.1, 0.15) is 19.7 Å². The maximum absolute atomic E-state index is 13.3. The van der Waals surface area contributed by atoms with Gasteiger partial charge in [-0.1, -0.05) is 120 Å². The van der Waals surface area contributed by atoms with Gasteiger partial charge in [-0.05, 0) is 24.3 Å². The average Bonchev–Trinajstić information content (AvgIpc) is 3.43. The summed E-state index contributed by atoms with van der Waals surface area (Å²) in [4.78, 5) is 4.09. The van der Waals surface area contributed by atoms with Crippen LogP contribution < -0.4 is 21.3 Å². The van der Waals surface area contributed by atoms with Crippen LogP contribution in [-0.4, -0.2) is 24.3 Å². The summed E-state index contributed by atoms with van der Waals surface area (Å²) in [7, 11) is -2.16. The highest BCUT2D eigenvalue weighted by Gasteiger charge is 2.32. The highest BCUT2D eigenvalue weighted by molar-refractivity contribution is 7.00. The van der Waals surface area contributed by atoms with Gasteiger partial charge < -0.3 is 4.57 Å². The number of rotatable bonds is 6. The molecule has 0 unspecified atom stereocenters. The molecular weight excluding hydrogens is 465 g/mol. The second-order valence-corrected chi connectivity index (χ2v) is 13.3. The van der Waals surface area contributed by atoms with Crippen molar-refractivity contribution in [2.24, 2.45) is 0 Å². The molecule has 0 fully saturated rings. The van der Waals surface area contributed by atoms with Gasteiger partial charge in [0.2, 0.25) is 6.71 Å². The zero-order valence-corrected chi connectivity index (χ0v) is 21.6. The van der Waals surface area contributed by atoms with Crippen LogP contribution in [0.2, 0.25) is 13.4 Å². The summed E-state index contributed by atoms with van der Waals surface area (Å²) >= 11 is 0. The van der Waals surface area contributed by atoms with E-state index in [-0.39, 0.29) is 11.6 Å². The first kappa shape index (κ1) is 25.3. The first-order chi connectivity index (χ1) is 17.5. The van der Waals surface area contributed by atoms with Crippen molar-refractivity contribution >= 4 is 36.1 Å². The number of aromatic nitrogens is 2. The summed E-state index contributed by atoms with van der Waals surface area (Å²) in [6, 6.07) is 34.5. The zero-order chi connectivity index (χ0) is 25.4. The summed E-state index contributed by atoms with van der Waals surface area (Å²) in [6.45, 7) is 4.93. The molecule has 0 aliphatic rings. The van der Waals surface area contributed by atoms with Crippen LogP contribution in [0.4, 0.5) is 8.78 Å². The summed E-state index contributed by atoms with van der Waals surface area (Å²) < 4.78 is 28.5. The largest absolute Gasteiger partial charge is 0.340 e.